The van der Waals surface area contributed by atoms with Crippen molar-refractivity contribution in [1.29, 1.82) is 0 Å². The van der Waals surface area contributed by atoms with E-state index in [1.807, 2.05) is 13.8 Å². The number of nitrogens with one attached hydrogen (secondary N) is 2. The summed E-state index contributed by atoms with van der Waals surface area (Å²) < 4.78 is 5.31. The molecule has 2 aromatic rings. The Morgan fingerprint density at radius 2 is 1.57 bits per heavy atom. The summed E-state index contributed by atoms with van der Waals surface area (Å²) in [5, 5.41) is 5.54. The van der Waals surface area contributed by atoms with E-state index in [1.54, 1.807) is 42.5 Å². The van der Waals surface area contributed by atoms with E-state index in [0.29, 0.717) is 28.8 Å². The summed E-state index contributed by atoms with van der Waals surface area (Å²) in [6.45, 7) is 4.30. The Hall–Kier alpha value is -2.53. The second kappa shape index (κ2) is 7.65. The first kappa shape index (κ1) is 16.8. The van der Waals surface area contributed by atoms with Crippen LogP contribution in [-0.2, 0) is 9.59 Å². The van der Waals surface area contributed by atoms with Gasteiger partial charge in [0.05, 0.1) is 6.61 Å². The third-order valence-electron chi connectivity index (χ3n) is 3.06. The van der Waals surface area contributed by atoms with E-state index in [-0.39, 0.29) is 0 Å². The molecule has 0 aliphatic rings. The van der Waals surface area contributed by atoms with Gasteiger partial charge in [-0.05, 0) is 55.8 Å². The highest BCUT2D eigenvalue weighted by molar-refractivity contribution is 6.43. The lowest BCUT2D eigenvalue weighted by Gasteiger charge is -2.08. The lowest BCUT2D eigenvalue weighted by atomic mass is 10.2. The molecule has 2 amide bonds. The summed E-state index contributed by atoms with van der Waals surface area (Å²) in [4.78, 5) is 23.8. The van der Waals surface area contributed by atoms with Crippen LogP contribution in [0.1, 0.15) is 12.5 Å². The smallest absolute Gasteiger partial charge is 0.314 e. The zero-order valence-electron chi connectivity index (χ0n) is 12.9. The van der Waals surface area contributed by atoms with Crippen LogP contribution in [0.5, 0.6) is 5.75 Å². The monoisotopic (exact) mass is 332 g/mol. The number of carbonyl (C=O) groups is 2. The maximum atomic E-state index is 11.9. The number of rotatable bonds is 4. The Morgan fingerprint density at radius 3 is 2.13 bits per heavy atom. The molecule has 0 spiro atoms. The van der Waals surface area contributed by atoms with E-state index in [0.717, 1.165) is 5.56 Å². The van der Waals surface area contributed by atoms with Crippen LogP contribution in [0.4, 0.5) is 11.4 Å². The molecule has 0 heterocycles. The first-order valence-corrected chi connectivity index (χ1v) is 7.48. The summed E-state index contributed by atoms with van der Waals surface area (Å²) in [5.74, 6) is -0.825. The standard InChI is InChI=1S/C17H17ClN2O3/c1-3-23-14-8-6-12(7-9-14)19-16(21)17(22)20-13-5-4-11(2)15(18)10-13/h4-10H,3H2,1-2H3,(H,19,21)(H,20,22). The number of amides is 2. The number of carbonyl (C=O) groups excluding carboxylic acids is 2. The van der Waals surface area contributed by atoms with E-state index in [1.165, 1.54) is 0 Å². The highest BCUT2D eigenvalue weighted by atomic mass is 35.5. The van der Waals surface area contributed by atoms with Gasteiger partial charge in [-0.25, -0.2) is 0 Å². The SMILES string of the molecule is CCOc1ccc(NC(=O)C(=O)Nc2ccc(C)c(Cl)c2)cc1. The fourth-order valence-corrected chi connectivity index (χ4v) is 2.03. The maximum absolute atomic E-state index is 11.9. The van der Waals surface area contributed by atoms with Gasteiger partial charge < -0.3 is 15.4 Å². The number of aryl methyl sites for hydroxylation is 1. The van der Waals surface area contributed by atoms with Crippen molar-refractivity contribution in [3.63, 3.8) is 0 Å². The number of hydrogen-bond donors (Lipinski definition) is 2. The summed E-state index contributed by atoms with van der Waals surface area (Å²) in [7, 11) is 0. The average Bonchev–Trinajstić information content (AvgIpc) is 2.53. The molecule has 0 atom stereocenters. The normalized spacial score (nSPS) is 10.0. The van der Waals surface area contributed by atoms with Crippen molar-refractivity contribution in [2.24, 2.45) is 0 Å². The van der Waals surface area contributed by atoms with Gasteiger partial charge in [-0.1, -0.05) is 17.7 Å². The maximum Gasteiger partial charge on any atom is 0.314 e. The third-order valence-corrected chi connectivity index (χ3v) is 3.47. The van der Waals surface area contributed by atoms with E-state index >= 15 is 0 Å². The predicted octanol–water partition coefficient (Wildman–Crippen LogP) is 3.62. The van der Waals surface area contributed by atoms with E-state index < -0.39 is 11.8 Å². The molecule has 2 rings (SSSR count). The molecule has 2 N–H and O–H groups in total. The van der Waals surface area contributed by atoms with Gasteiger partial charge in [0.25, 0.3) is 0 Å². The number of benzene rings is 2. The fourth-order valence-electron chi connectivity index (χ4n) is 1.85. The molecule has 0 aromatic heterocycles. The Bertz CT molecular complexity index is 714. The van der Waals surface area contributed by atoms with Gasteiger partial charge in [0.15, 0.2) is 0 Å². The average molecular weight is 333 g/mol. The quantitative estimate of drug-likeness (QED) is 0.840. The van der Waals surface area contributed by atoms with Gasteiger partial charge in [-0.2, -0.15) is 0 Å². The van der Waals surface area contributed by atoms with Crippen LogP contribution >= 0.6 is 11.6 Å². The van der Waals surface area contributed by atoms with Crippen LogP contribution in [-0.4, -0.2) is 18.4 Å². The van der Waals surface area contributed by atoms with E-state index in [4.69, 9.17) is 16.3 Å². The van der Waals surface area contributed by atoms with Gasteiger partial charge in [0.2, 0.25) is 0 Å². The van der Waals surface area contributed by atoms with Crippen molar-refractivity contribution < 1.29 is 14.3 Å². The molecule has 6 heteroatoms. The number of halogens is 1. The van der Waals surface area contributed by atoms with Crippen LogP contribution < -0.4 is 15.4 Å². The van der Waals surface area contributed by atoms with Crippen LogP contribution in [0.2, 0.25) is 5.02 Å². The van der Waals surface area contributed by atoms with Gasteiger partial charge in [-0.3, -0.25) is 9.59 Å². The highest BCUT2D eigenvalue weighted by Crippen LogP contribution is 2.20. The minimum atomic E-state index is -0.765. The van der Waals surface area contributed by atoms with Crippen molar-refractivity contribution in [2.75, 3.05) is 17.2 Å². The lowest BCUT2D eigenvalue weighted by Crippen LogP contribution is -2.29. The Kier molecular flexibility index (Phi) is 5.60. The van der Waals surface area contributed by atoms with Crippen molar-refractivity contribution in [1.82, 2.24) is 0 Å². The van der Waals surface area contributed by atoms with Crippen molar-refractivity contribution in [2.45, 2.75) is 13.8 Å². The van der Waals surface area contributed by atoms with Gasteiger partial charge in [-0.15, -0.1) is 0 Å². The second-order valence-corrected chi connectivity index (χ2v) is 5.24. The summed E-state index contributed by atoms with van der Waals surface area (Å²) in [5.41, 5.74) is 1.87. The summed E-state index contributed by atoms with van der Waals surface area (Å²) in [6, 6.07) is 11.8. The number of hydrogen-bond acceptors (Lipinski definition) is 3. The first-order chi connectivity index (χ1) is 11.0. The minimum absolute atomic E-state index is 0.465. The molecular formula is C17H17ClN2O3. The highest BCUT2D eigenvalue weighted by Gasteiger charge is 2.14. The molecule has 0 aliphatic carbocycles. The molecule has 0 fully saturated rings. The van der Waals surface area contributed by atoms with Gasteiger partial charge in [0, 0.05) is 16.4 Å². The Balaban J connectivity index is 1.96. The molecule has 5 nitrogen and oxygen atoms in total. The zero-order chi connectivity index (χ0) is 16.8. The molecule has 0 saturated carbocycles. The summed E-state index contributed by atoms with van der Waals surface area (Å²) in [6.07, 6.45) is 0. The van der Waals surface area contributed by atoms with Crippen LogP contribution in [0.15, 0.2) is 42.5 Å². The van der Waals surface area contributed by atoms with Crippen LogP contribution in [0.25, 0.3) is 0 Å². The molecule has 0 radical (unpaired) electrons. The molecular weight excluding hydrogens is 316 g/mol. The molecule has 2 aromatic carbocycles. The van der Waals surface area contributed by atoms with Gasteiger partial charge >= 0.3 is 11.8 Å². The second-order valence-electron chi connectivity index (χ2n) is 4.83. The number of ether oxygens (including phenoxy) is 1. The van der Waals surface area contributed by atoms with Crippen molar-refractivity contribution >= 4 is 34.8 Å². The first-order valence-electron chi connectivity index (χ1n) is 7.11. The van der Waals surface area contributed by atoms with E-state index in [2.05, 4.69) is 10.6 Å². The Morgan fingerprint density at radius 1 is 1.00 bits per heavy atom. The number of anilines is 2. The van der Waals surface area contributed by atoms with Crippen LogP contribution in [0.3, 0.4) is 0 Å². The minimum Gasteiger partial charge on any atom is -0.494 e. The molecule has 0 saturated heterocycles. The molecule has 0 bridgehead atoms. The van der Waals surface area contributed by atoms with Gasteiger partial charge in [0.1, 0.15) is 5.75 Å². The van der Waals surface area contributed by atoms with E-state index in [9.17, 15) is 9.59 Å². The fraction of sp³-hybridized carbons (Fsp3) is 0.176. The van der Waals surface area contributed by atoms with Crippen LogP contribution in [0, 0.1) is 6.92 Å². The molecule has 0 aliphatic heterocycles. The third kappa shape index (κ3) is 4.72. The largest absolute Gasteiger partial charge is 0.494 e. The van der Waals surface area contributed by atoms with Crippen molar-refractivity contribution in [3.05, 3.63) is 53.1 Å². The lowest BCUT2D eigenvalue weighted by molar-refractivity contribution is -0.132. The molecule has 120 valence electrons. The van der Waals surface area contributed by atoms with Crippen molar-refractivity contribution in [3.8, 4) is 5.75 Å². The Labute approximate surface area is 139 Å². The topological polar surface area (TPSA) is 67.4 Å². The molecule has 0 unspecified atom stereocenters. The predicted molar refractivity (Wildman–Crippen MR) is 91.1 cm³/mol. The zero-order valence-corrected chi connectivity index (χ0v) is 13.6. The molecule has 23 heavy (non-hydrogen) atoms. The summed E-state index contributed by atoms with van der Waals surface area (Å²) >= 11 is 5.98.